The van der Waals surface area contributed by atoms with Gasteiger partial charge in [0.1, 0.15) is 0 Å². The lowest BCUT2D eigenvalue weighted by Gasteiger charge is -2.36. The molecule has 0 atom stereocenters. The van der Waals surface area contributed by atoms with Crippen molar-refractivity contribution in [3.63, 3.8) is 0 Å². The van der Waals surface area contributed by atoms with Gasteiger partial charge in [0.25, 0.3) is 5.91 Å². The van der Waals surface area contributed by atoms with E-state index < -0.39 is 11.7 Å². The lowest BCUT2D eigenvalue weighted by Crippen LogP contribution is -2.49. The molecule has 0 N–H and O–H groups in total. The number of piperazine rings is 1. The summed E-state index contributed by atoms with van der Waals surface area (Å²) >= 11 is 0. The van der Waals surface area contributed by atoms with Gasteiger partial charge in [0.15, 0.2) is 5.69 Å². The van der Waals surface area contributed by atoms with Crippen LogP contribution in [0.2, 0.25) is 0 Å². The Morgan fingerprint density at radius 2 is 1.67 bits per heavy atom. The largest absolute Gasteiger partial charge is 0.416 e. The Hall–Kier alpha value is -2.51. The highest BCUT2D eigenvalue weighted by Crippen LogP contribution is 2.32. The maximum absolute atomic E-state index is 13.0. The first-order valence-electron chi connectivity index (χ1n) is 10.2. The van der Waals surface area contributed by atoms with Crippen molar-refractivity contribution in [3.8, 4) is 0 Å². The van der Waals surface area contributed by atoms with Crippen LogP contribution in [0.25, 0.3) is 0 Å². The van der Waals surface area contributed by atoms with E-state index in [2.05, 4.69) is 18.9 Å². The highest BCUT2D eigenvalue weighted by Gasteiger charge is 2.32. The summed E-state index contributed by atoms with van der Waals surface area (Å²) in [4.78, 5) is 16.6. The van der Waals surface area contributed by atoms with Crippen LogP contribution in [0.15, 0.2) is 30.3 Å². The topological polar surface area (TPSA) is 41.4 Å². The molecule has 1 aliphatic rings. The second-order valence-corrected chi connectivity index (χ2v) is 9.02. The van der Waals surface area contributed by atoms with Crippen LogP contribution in [0.3, 0.4) is 0 Å². The van der Waals surface area contributed by atoms with Crippen molar-refractivity contribution in [2.75, 3.05) is 31.1 Å². The number of hydrogen-bond donors (Lipinski definition) is 0. The van der Waals surface area contributed by atoms with Crippen LogP contribution in [0.5, 0.6) is 0 Å². The molecule has 1 aliphatic heterocycles. The van der Waals surface area contributed by atoms with Crippen LogP contribution in [-0.4, -0.2) is 46.8 Å². The van der Waals surface area contributed by atoms with Gasteiger partial charge < -0.3 is 9.80 Å². The van der Waals surface area contributed by atoms with Gasteiger partial charge >= 0.3 is 6.18 Å². The van der Waals surface area contributed by atoms with Gasteiger partial charge in [-0.15, -0.1) is 0 Å². The van der Waals surface area contributed by atoms with E-state index in [4.69, 9.17) is 0 Å². The maximum Gasteiger partial charge on any atom is 0.416 e. The molecule has 8 heteroatoms. The van der Waals surface area contributed by atoms with Gasteiger partial charge in [-0.05, 0) is 51.0 Å². The van der Waals surface area contributed by atoms with Gasteiger partial charge in [-0.3, -0.25) is 9.48 Å². The average Bonchev–Trinajstić information content (AvgIpc) is 3.13. The molecule has 0 unspecified atom stereocenters. The first kappa shape index (κ1) is 22.2. The van der Waals surface area contributed by atoms with Crippen LogP contribution < -0.4 is 4.90 Å². The molecule has 1 fully saturated rings. The molecule has 2 aromatic rings. The van der Waals surface area contributed by atoms with Crippen molar-refractivity contribution < 1.29 is 18.0 Å². The number of nitrogens with zero attached hydrogens (tertiary/aromatic N) is 4. The zero-order valence-corrected chi connectivity index (χ0v) is 18.1. The van der Waals surface area contributed by atoms with E-state index in [1.165, 1.54) is 6.07 Å². The molecule has 0 radical (unpaired) electrons. The van der Waals surface area contributed by atoms with E-state index >= 15 is 0 Å². The van der Waals surface area contributed by atoms with E-state index in [-0.39, 0.29) is 17.4 Å². The van der Waals surface area contributed by atoms with Crippen LogP contribution in [0.1, 0.15) is 62.3 Å². The van der Waals surface area contributed by atoms with Crippen molar-refractivity contribution in [1.82, 2.24) is 14.7 Å². The molecule has 1 aromatic carbocycles. The van der Waals surface area contributed by atoms with Crippen LogP contribution >= 0.6 is 0 Å². The average molecular weight is 422 g/mol. The summed E-state index contributed by atoms with van der Waals surface area (Å²) in [5.74, 6) is 0.0969. The smallest absolute Gasteiger partial charge is 0.368 e. The van der Waals surface area contributed by atoms with Gasteiger partial charge in [0.2, 0.25) is 0 Å². The summed E-state index contributed by atoms with van der Waals surface area (Å²) in [6.07, 6.45) is -4.37. The van der Waals surface area contributed by atoms with Crippen molar-refractivity contribution in [1.29, 1.82) is 0 Å². The Bertz CT molecular complexity index is 904. The number of alkyl halides is 3. The molecule has 2 heterocycles. The van der Waals surface area contributed by atoms with Crippen molar-refractivity contribution in [3.05, 3.63) is 47.3 Å². The molecular weight excluding hydrogens is 393 g/mol. The summed E-state index contributed by atoms with van der Waals surface area (Å²) in [6.45, 7) is 12.1. The third kappa shape index (κ3) is 4.63. The molecule has 5 nitrogen and oxygen atoms in total. The number of anilines is 1. The van der Waals surface area contributed by atoms with Gasteiger partial charge in [0.05, 0.1) is 11.1 Å². The van der Waals surface area contributed by atoms with Gasteiger partial charge in [0, 0.05) is 37.6 Å². The van der Waals surface area contributed by atoms with E-state index in [9.17, 15) is 18.0 Å². The Morgan fingerprint density at radius 1 is 1.03 bits per heavy atom. The fourth-order valence-corrected chi connectivity index (χ4v) is 3.66. The molecular formula is C22H29F3N4O. The standard InChI is InChI=1S/C22H29F3N4O/c1-15(2)19-14-18(26-29(19)21(3,4)5)20(30)28-11-9-27(10-12-28)17-8-6-7-16(13-17)22(23,24)25/h6-8,13-15H,9-12H2,1-5H3. The number of carbonyl (C=O) groups excluding carboxylic acids is 1. The molecule has 1 saturated heterocycles. The van der Waals surface area contributed by atoms with Crippen molar-refractivity contribution in [2.24, 2.45) is 0 Å². The summed E-state index contributed by atoms with van der Waals surface area (Å²) in [5, 5.41) is 4.58. The molecule has 164 valence electrons. The number of aromatic nitrogens is 2. The quantitative estimate of drug-likeness (QED) is 0.717. The van der Waals surface area contributed by atoms with E-state index in [0.29, 0.717) is 37.6 Å². The molecule has 0 aliphatic carbocycles. The fourth-order valence-electron chi connectivity index (χ4n) is 3.66. The predicted octanol–water partition coefficient (Wildman–Crippen LogP) is 4.74. The molecule has 0 bridgehead atoms. The summed E-state index contributed by atoms with van der Waals surface area (Å²) < 4.78 is 40.9. The van der Waals surface area contributed by atoms with Gasteiger partial charge in [-0.1, -0.05) is 19.9 Å². The number of carbonyl (C=O) groups is 1. The summed E-state index contributed by atoms with van der Waals surface area (Å²) in [6, 6.07) is 7.19. The van der Waals surface area contributed by atoms with Crippen LogP contribution in [0, 0.1) is 0 Å². The first-order chi connectivity index (χ1) is 13.9. The highest BCUT2D eigenvalue weighted by molar-refractivity contribution is 5.92. The minimum atomic E-state index is -4.37. The highest BCUT2D eigenvalue weighted by atomic mass is 19.4. The molecule has 1 aromatic heterocycles. The van der Waals surface area contributed by atoms with Crippen molar-refractivity contribution >= 4 is 11.6 Å². The second kappa shape index (κ2) is 7.96. The lowest BCUT2D eigenvalue weighted by molar-refractivity contribution is -0.137. The monoisotopic (exact) mass is 422 g/mol. The third-order valence-electron chi connectivity index (χ3n) is 5.29. The predicted molar refractivity (Wildman–Crippen MR) is 111 cm³/mol. The zero-order valence-electron chi connectivity index (χ0n) is 18.1. The van der Waals surface area contributed by atoms with Crippen LogP contribution in [0.4, 0.5) is 18.9 Å². The molecule has 30 heavy (non-hydrogen) atoms. The number of halogens is 3. The summed E-state index contributed by atoms with van der Waals surface area (Å²) in [7, 11) is 0. The number of benzene rings is 1. The fraction of sp³-hybridized carbons (Fsp3) is 0.545. The summed E-state index contributed by atoms with van der Waals surface area (Å²) in [5.41, 5.74) is 1.05. The maximum atomic E-state index is 13.0. The SMILES string of the molecule is CC(C)c1cc(C(=O)N2CCN(c3cccc(C(F)(F)F)c3)CC2)nn1C(C)(C)C. The Morgan fingerprint density at radius 3 is 2.17 bits per heavy atom. The van der Waals surface area contributed by atoms with Gasteiger partial charge in [-0.25, -0.2) is 0 Å². The Labute approximate surface area is 175 Å². The Balaban J connectivity index is 1.72. The molecule has 0 spiro atoms. The molecule has 0 saturated carbocycles. The number of amides is 1. The minimum absolute atomic E-state index is 0.136. The van der Waals surface area contributed by atoms with Gasteiger partial charge in [-0.2, -0.15) is 18.3 Å². The van der Waals surface area contributed by atoms with E-state index in [0.717, 1.165) is 17.8 Å². The van der Waals surface area contributed by atoms with E-state index in [1.54, 1.807) is 11.0 Å². The zero-order chi connectivity index (χ0) is 22.3. The number of rotatable bonds is 3. The van der Waals surface area contributed by atoms with Crippen molar-refractivity contribution in [2.45, 2.75) is 52.3 Å². The third-order valence-corrected chi connectivity index (χ3v) is 5.29. The second-order valence-electron chi connectivity index (χ2n) is 9.02. The normalized spacial score (nSPS) is 15.8. The Kier molecular flexibility index (Phi) is 5.89. The molecule has 3 rings (SSSR count). The molecule has 1 amide bonds. The van der Waals surface area contributed by atoms with E-state index in [1.807, 2.05) is 36.4 Å². The van der Waals surface area contributed by atoms with Crippen LogP contribution in [-0.2, 0) is 11.7 Å². The lowest BCUT2D eigenvalue weighted by atomic mass is 10.1. The first-order valence-corrected chi connectivity index (χ1v) is 10.2. The number of hydrogen-bond acceptors (Lipinski definition) is 3. The minimum Gasteiger partial charge on any atom is -0.368 e.